The van der Waals surface area contributed by atoms with Crippen LogP contribution in [0.1, 0.15) is 25.7 Å². The predicted octanol–water partition coefficient (Wildman–Crippen LogP) is 4.54. The Bertz CT molecular complexity index is 1170. The number of rotatable bonds is 9. The lowest BCUT2D eigenvalue weighted by molar-refractivity contribution is -0.138. The smallest absolute Gasteiger partial charge is 0.248 e. The predicted molar refractivity (Wildman–Crippen MR) is 150 cm³/mol. The number of carbonyl (C=O) groups excluding carboxylic acids is 3. The molecule has 3 fully saturated rings. The molecule has 3 aliphatic rings. The van der Waals surface area contributed by atoms with Gasteiger partial charge in [-0.25, -0.2) is 0 Å². The summed E-state index contributed by atoms with van der Waals surface area (Å²) in [5, 5.41) is 15.6. The number of aliphatic hydroxyl groups is 1. The molecular weight excluding hydrogens is 578 g/mol. The molecule has 1 spiro atoms. The first-order chi connectivity index (χ1) is 17.9. The molecule has 3 aliphatic heterocycles. The van der Waals surface area contributed by atoms with Crippen molar-refractivity contribution in [3.8, 4) is 0 Å². The number of thioether (sulfide) groups is 1. The quantitative estimate of drug-likeness (QED) is 0.288. The lowest BCUT2D eigenvalue weighted by Crippen LogP contribution is -2.52. The Balaban J connectivity index is 1.46. The number of hydrogen-bond donors (Lipinski definition) is 3. The van der Waals surface area contributed by atoms with E-state index in [0.717, 1.165) is 6.42 Å². The lowest BCUT2D eigenvalue weighted by Gasteiger charge is -2.35. The maximum absolute atomic E-state index is 14.0. The van der Waals surface area contributed by atoms with Crippen LogP contribution < -0.4 is 10.6 Å². The van der Waals surface area contributed by atoms with Crippen LogP contribution in [0.2, 0.25) is 5.02 Å². The molecule has 5 rings (SSSR count). The summed E-state index contributed by atoms with van der Waals surface area (Å²) < 4.78 is -0.706. The van der Waals surface area contributed by atoms with Crippen LogP contribution in [0.3, 0.4) is 0 Å². The van der Waals surface area contributed by atoms with Gasteiger partial charge >= 0.3 is 0 Å². The van der Waals surface area contributed by atoms with Crippen molar-refractivity contribution in [1.82, 2.24) is 4.90 Å². The second-order valence-electron chi connectivity index (χ2n) is 9.83. The van der Waals surface area contributed by atoms with Crippen LogP contribution >= 0.6 is 39.3 Å². The van der Waals surface area contributed by atoms with Gasteiger partial charge in [0.25, 0.3) is 0 Å². The molecule has 0 aromatic heterocycles. The molecule has 6 atom stereocenters. The molecule has 3 heterocycles. The van der Waals surface area contributed by atoms with E-state index in [1.165, 1.54) is 0 Å². The number of benzene rings is 2. The van der Waals surface area contributed by atoms with Crippen molar-refractivity contribution in [2.45, 2.75) is 46.5 Å². The second-order valence-corrected chi connectivity index (χ2v) is 13.0. The van der Waals surface area contributed by atoms with Gasteiger partial charge in [0.15, 0.2) is 0 Å². The van der Waals surface area contributed by atoms with E-state index >= 15 is 0 Å². The number of amides is 3. The molecule has 2 aromatic carbocycles. The number of anilines is 2. The Morgan fingerprint density at radius 2 is 1.70 bits per heavy atom. The highest BCUT2D eigenvalue weighted by Gasteiger charge is 2.75. The fourth-order valence-electron chi connectivity index (χ4n) is 6.03. The summed E-state index contributed by atoms with van der Waals surface area (Å²) in [6, 6.07) is 15.4. The van der Waals surface area contributed by atoms with Gasteiger partial charge in [0.05, 0.1) is 16.6 Å². The molecule has 3 saturated heterocycles. The third-order valence-electron chi connectivity index (χ3n) is 7.55. The van der Waals surface area contributed by atoms with Crippen molar-refractivity contribution in [2.75, 3.05) is 23.8 Å². The Kier molecular flexibility index (Phi) is 7.86. The molecule has 2 aromatic rings. The number of alkyl halides is 1. The first kappa shape index (κ1) is 26.5. The first-order valence-electron chi connectivity index (χ1n) is 12.5. The normalized spacial score (nSPS) is 29.9. The van der Waals surface area contributed by atoms with Crippen LogP contribution in [0.15, 0.2) is 54.6 Å². The molecule has 7 nitrogen and oxygen atoms in total. The van der Waals surface area contributed by atoms with Crippen molar-refractivity contribution in [3.05, 3.63) is 59.6 Å². The van der Waals surface area contributed by atoms with Gasteiger partial charge in [0.2, 0.25) is 17.7 Å². The van der Waals surface area contributed by atoms with E-state index in [4.69, 9.17) is 11.6 Å². The van der Waals surface area contributed by atoms with Gasteiger partial charge < -0.3 is 20.6 Å². The number of nitrogens with one attached hydrogen (secondary N) is 2. The number of likely N-dealkylation sites (tertiary alicyclic amines) is 1. The van der Waals surface area contributed by atoms with Gasteiger partial charge in [-0.05, 0) is 62.1 Å². The Morgan fingerprint density at radius 3 is 2.41 bits per heavy atom. The highest BCUT2D eigenvalue weighted by molar-refractivity contribution is 9.09. The summed E-state index contributed by atoms with van der Waals surface area (Å²) in [6.07, 6.45) is 2.69. The zero-order valence-corrected chi connectivity index (χ0v) is 23.3. The average Bonchev–Trinajstić information content (AvgIpc) is 3.47. The van der Waals surface area contributed by atoms with E-state index in [1.54, 1.807) is 40.9 Å². The summed E-state index contributed by atoms with van der Waals surface area (Å²) in [7, 11) is 0. The number of unbranched alkanes of at least 4 members (excludes halogenated alkanes) is 2. The van der Waals surface area contributed by atoms with E-state index in [-0.39, 0.29) is 34.4 Å². The van der Waals surface area contributed by atoms with E-state index in [0.29, 0.717) is 42.2 Å². The van der Waals surface area contributed by atoms with Crippen LogP contribution in [-0.2, 0) is 14.4 Å². The molecule has 0 radical (unpaired) electrons. The number of halogens is 2. The average molecular weight is 607 g/mol. The Morgan fingerprint density at radius 1 is 1.03 bits per heavy atom. The molecular formula is C27H29BrClN3O4S. The number of aliphatic hydroxyl groups excluding tert-OH is 1. The SMILES string of the molecule is O=C(Nc1ccc(Cl)cc1)C1N(CCCCCO)C(=O)[C@@H]2[C@@H](C(=O)Nc3ccccc3)[C@@H]3SC12CC3Br. The highest BCUT2D eigenvalue weighted by atomic mass is 79.9. The van der Waals surface area contributed by atoms with E-state index < -0.39 is 22.6 Å². The number of hydrogen-bond acceptors (Lipinski definition) is 5. The van der Waals surface area contributed by atoms with Gasteiger partial charge in [-0.15, -0.1) is 11.8 Å². The van der Waals surface area contributed by atoms with Gasteiger partial charge in [0, 0.05) is 39.6 Å². The van der Waals surface area contributed by atoms with Gasteiger partial charge in [0.1, 0.15) is 6.04 Å². The van der Waals surface area contributed by atoms with Crippen molar-refractivity contribution in [3.63, 3.8) is 0 Å². The first-order valence-corrected chi connectivity index (χ1v) is 14.7. The van der Waals surface area contributed by atoms with Crippen molar-refractivity contribution in [1.29, 1.82) is 0 Å². The summed E-state index contributed by atoms with van der Waals surface area (Å²) >= 11 is 11.4. The minimum Gasteiger partial charge on any atom is -0.396 e. The van der Waals surface area contributed by atoms with E-state index in [2.05, 4.69) is 26.6 Å². The molecule has 37 heavy (non-hydrogen) atoms. The maximum Gasteiger partial charge on any atom is 0.248 e. The maximum atomic E-state index is 14.0. The molecule has 0 saturated carbocycles. The van der Waals surface area contributed by atoms with Crippen molar-refractivity contribution >= 4 is 68.4 Å². The number of carbonyl (C=O) groups is 3. The van der Waals surface area contributed by atoms with Gasteiger partial charge in [-0.2, -0.15) is 0 Å². The molecule has 2 bridgehead atoms. The molecule has 0 aliphatic carbocycles. The number of fused-ring (bicyclic) bond motifs is 1. The summed E-state index contributed by atoms with van der Waals surface area (Å²) in [5.74, 6) is -1.71. The van der Waals surface area contributed by atoms with E-state index in [1.807, 2.05) is 30.3 Å². The van der Waals surface area contributed by atoms with Crippen molar-refractivity contribution in [2.24, 2.45) is 11.8 Å². The van der Waals surface area contributed by atoms with Crippen LogP contribution in [0, 0.1) is 11.8 Å². The zero-order chi connectivity index (χ0) is 26.2. The fourth-order valence-corrected chi connectivity index (χ4v) is 9.77. The molecule has 3 unspecified atom stereocenters. The Labute approximate surface area is 233 Å². The second kappa shape index (κ2) is 11.0. The molecule has 10 heteroatoms. The third-order valence-corrected chi connectivity index (χ3v) is 11.0. The summed E-state index contributed by atoms with van der Waals surface area (Å²) in [5.41, 5.74) is 1.29. The molecule has 196 valence electrons. The largest absolute Gasteiger partial charge is 0.396 e. The minimum atomic E-state index is -0.709. The standard InChI is InChI=1S/C27H29BrClN3O4S/c28-19-15-27-21(20(22(19)37-27)24(34)30-17-7-3-1-4-8-17)26(36)32(13-5-2-6-14-33)23(27)25(35)31-18-11-9-16(29)10-12-18/h1,3-4,7-12,19-23,33H,2,5-6,13-15H2,(H,30,34)(H,31,35)/t19?,20-,21+,22-,23?,27?/m1/s1. The zero-order valence-electron chi connectivity index (χ0n) is 20.1. The fraction of sp³-hybridized carbons (Fsp3) is 0.444. The van der Waals surface area contributed by atoms with E-state index in [9.17, 15) is 19.5 Å². The minimum absolute atomic E-state index is 0.00763. The van der Waals surface area contributed by atoms with Crippen LogP contribution in [0.4, 0.5) is 11.4 Å². The summed E-state index contributed by atoms with van der Waals surface area (Å²) in [6.45, 7) is 0.493. The van der Waals surface area contributed by atoms with Crippen LogP contribution in [0.5, 0.6) is 0 Å². The lowest BCUT2D eigenvalue weighted by atomic mass is 9.70. The summed E-state index contributed by atoms with van der Waals surface area (Å²) in [4.78, 5) is 43.1. The Hall–Kier alpha value is -2.07. The number of nitrogens with zero attached hydrogens (tertiary/aromatic N) is 1. The highest BCUT2D eigenvalue weighted by Crippen LogP contribution is 2.67. The van der Waals surface area contributed by atoms with Gasteiger partial charge in [-0.3, -0.25) is 14.4 Å². The monoisotopic (exact) mass is 605 g/mol. The topological polar surface area (TPSA) is 98.7 Å². The van der Waals surface area contributed by atoms with Crippen LogP contribution in [0.25, 0.3) is 0 Å². The van der Waals surface area contributed by atoms with Crippen molar-refractivity contribution < 1.29 is 19.5 Å². The number of para-hydroxylation sites is 1. The van der Waals surface area contributed by atoms with Crippen LogP contribution in [-0.4, -0.2) is 61.7 Å². The van der Waals surface area contributed by atoms with Gasteiger partial charge in [-0.1, -0.05) is 45.7 Å². The molecule has 3 amide bonds. The third kappa shape index (κ3) is 4.91. The molecule has 3 N–H and O–H groups in total.